The molecule has 45 heavy (non-hydrogen) atoms. The molecule has 0 aliphatic heterocycles. The predicted molar refractivity (Wildman–Crippen MR) is 163 cm³/mol. The van der Waals surface area contributed by atoms with Gasteiger partial charge in [0.2, 0.25) is 5.82 Å². The van der Waals surface area contributed by atoms with Crippen LogP contribution in [0.25, 0.3) is 28.0 Å². The van der Waals surface area contributed by atoms with Crippen LogP contribution in [-0.4, -0.2) is 71.1 Å². The van der Waals surface area contributed by atoms with E-state index in [-0.39, 0.29) is 40.5 Å². The fourth-order valence-electron chi connectivity index (χ4n) is 5.48. The van der Waals surface area contributed by atoms with E-state index in [0.29, 0.717) is 54.0 Å². The number of hydrogen-bond acceptors (Lipinski definition) is 9. The predicted octanol–water partition coefficient (Wildman–Crippen LogP) is 4.91. The van der Waals surface area contributed by atoms with E-state index < -0.39 is 17.4 Å². The molecule has 1 atom stereocenters. The van der Waals surface area contributed by atoms with Gasteiger partial charge in [-0.05, 0) is 50.8 Å². The second-order valence-electron chi connectivity index (χ2n) is 10.5. The number of halogens is 2. The zero-order valence-electron chi connectivity index (χ0n) is 25.3. The standard InChI is InChI=1S/C31H33F2N9O3/c1-5-11-41(31(44)29-36-16-37-40-29)20(6-2)8-10-25-26(17(3)43)28(34)42-30(39-25)21(15-38-42)18-7-9-24(35-14-18)19-12-22(32)27(45-4)23(33)13-19/h7,9,12-16,20H,5-6,8,10-11,34H2,1-4H3,(H,36,37,40)/t20-/m1/s1. The molecule has 0 saturated heterocycles. The fourth-order valence-corrected chi connectivity index (χ4v) is 5.48. The smallest absolute Gasteiger partial charge is 0.291 e. The minimum atomic E-state index is -0.833. The zero-order chi connectivity index (χ0) is 32.2. The quantitative estimate of drug-likeness (QED) is 0.186. The highest BCUT2D eigenvalue weighted by atomic mass is 19.1. The van der Waals surface area contributed by atoms with E-state index in [1.54, 1.807) is 29.4 Å². The van der Waals surface area contributed by atoms with Crippen molar-refractivity contribution in [1.29, 1.82) is 0 Å². The van der Waals surface area contributed by atoms with Crippen molar-refractivity contribution in [3.8, 4) is 28.1 Å². The summed E-state index contributed by atoms with van der Waals surface area (Å²) in [5, 5.41) is 12.0. The lowest BCUT2D eigenvalue weighted by molar-refractivity contribution is 0.0650. The lowest BCUT2D eigenvalue weighted by atomic mass is 10.0. The number of hydrogen-bond donors (Lipinski definition) is 2. The van der Waals surface area contributed by atoms with Crippen molar-refractivity contribution >= 4 is 23.2 Å². The summed E-state index contributed by atoms with van der Waals surface area (Å²) in [5.41, 5.74) is 9.49. The number of nitrogen functional groups attached to an aromatic ring is 1. The van der Waals surface area contributed by atoms with E-state index in [4.69, 9.17) is 15.5 Å². The third-order valence-electron chi connectivity index (χ3n) is 7.65. The Bertz CT molecular complexity index is 1820. The molecule has 0 unspecified atom stereocenters. The first-order chi connectivity index (χ1) is 21.7. The number of methoxy groups -OCH3 is 1. The van der Waals surface area contributed by atoms with Gasteiger partial charge in [-0.1, -0.05) is 19.9 Å². The summed E-state index contributed by atoms with van der Waals surface area (Å²) in [6.07, 6.45) is 6.80. The van der Waals surface area contributed by atoms with Crippen molar-refractivity contribution in [1.82, 2.24) is 39.7 Å². The first kappa shape index (κ1) is 31.2. The second kappa shape index (κ2) is 13.2. The lowest BCUT2D eigenvalue weighted by Gasteiger charge is -2.30. The fraction of sp³-hybridized carbons (Fsp3) is 0.323. The van der Waals surface area contributed by atoms with Crippen LogP contribution in [0.2, 0.25) is 0 Å². The molecule has 4 heterocycles. The Balaban J connectivity index is 1.47. The number of benzene rings is 1. The van der Waals surface area contributed by atoms with Gasteiger partial charge >= 0.3 is 0 Å². The Labute approximate surface area is 257 Å². The van der Waals surface area contributed by atoms with Gasteiger partial charge in [-0.3, -0.25) is 14.6 Å². The molecule has 4 aromatic heterocycles. The number of aryl methyl sites for hydroxylation is 1. The molecule has 0 spiro atoms. The number of amides is 1. The molecule has 0 aliphatic rings. The van der Waals surface area contributed by atoms with Crippen molar-refractivity contribution in [3.63, 3.8) is 0 Å². The third-order valence-corrected chi connectivity index (χ3v) is 7.65. The van der Waals surface area contributed by atoms with Crippen LogP contribution in [0, 0.1) is 11.6 Å². The van der Waals surface area contributed by atoms with Crippen LogP contribution in [-0.2, 0) is 6.42 Å². The molecule has 234 valence electrons. The van der Waals surface area contributed by atoms with Crippen molar-refractivity contribution in [2.75, 3.05) is 19.4 Å². The minimum absolute atomic E-state index is 0.152. The molecule has 14 heteroatoms. The summed E-state index contributed by atoms with van der Waals surface area (Å²) < 4.78 is 34.7. The maximum absolute atomic E-state index is 14.3. The Morgan fingerprint density at radius 2 is 1.89 bits per heavy atom. The number of H-pyrrole nitrogens is 1. The number of Topliss-reactive ketones (excluding diaryl/α,β-unsaturated/α-hetero) is 1. The highest BCUT2D eigenvalue weighted by Crippen LogP contribution is 2.31. The van der Waals surface area contributed by atoms with Crippen LogP contribution in [0.5, 0.6) is 5.75 Å². The van der Waals surface area contributed by atoms with Crippen LogP contribution in [0.1, 0.15) is 66.7 Å². The molecule has 12 nitrogen and oxygen atoms in total. The molecule has 1 amide bonds. The molecule has 0 fully saturated rings. The summed E-state index contributed by atoms with van der Waals surface area (Å²) in [6.45, 7) is 5.94. The molecule has 0 radical (unpaired) electrons. The van der Waals surface area contributed by atoms with Gasteiger partial charge in [0.05, 0.1) is 30.3 Å². The van der Waals surface area contributed by atoms with Crippen LogP contribution in [0.15, 0.2) is 43.0 Å². The minimum Gasteiger partial charge on any atom is -0.491 e. The largest absolute Gasteiger partial charge is 0.491 e. The van der Waals surface area contributed by atoms with Gasteiger partial charge in [0, 0.05) is 35.5 Å². The van der Waals surface area contributed by atoms with E-state index >= 15 is 0 Å². The maximum atomic E-state index is 14.3. The molecule has 5 rings (SSSR count). The van der Waals surface area contributed by atoms with Crippen molar-refractivity contribution in [2.45, 2.75) is 52.5 Å². The number of nitrogens with one attached hydrogen (secondary N) is 1. The Morgan fingerprint density at radius 3 is 2.47 bits per heavy atom. The Kier molecular flexibility index (Phi) is 9.11. The van der Waals surface area contributed by atoms with E-state index in [1.807, 2.05) is 13.8 Å². The van der Waals surface area contributed by atoms with Crippen LogP contribution < -0.4 is 10.5 Å². The monoisotopic (exact) mass is 617 g/mol. The number of nitrogens with zero attached hydrogens (tertiary/aromatic N) is 7. The summed E-state index contributed by atoms with van der Waals surface area (Å²) in [6, 6.07) is 5.52. The normalized spacial score (nSPS) is 12.0. The number of aromatic nitrogens is 7. The number of fused-ring (bicyclic) bond motifs is 1. The van der Waals surface area contributed by atoms with Crippen molar-refractivity contribution in [3.05, 3.63) is 71.7 Å². The summed E-state index contributed by atoms with van der Waals surface area (Å²) in [4.78, 5) is 39.8. The summed E-state index contributed by atoms with van der Waals surface area (Å²) in [5.74, 6) is -2.31. The molecule has 0 bridgehead atoms. The second-order valence-corrected chi connectivity index (χ2v) is 10.5. The number of ether oxygens (including phenoxy) is 1. The average Bonchev–Trinajstić information content (AvgIpc) is 3.71. The van der Waals surface area contributed by atoms with Crippen molar-refractivity contribution < 1.29 is 23.1 Å². The molecule has 1 aromatic carbocycles. The third kappa shape index (κ3) is 6.08. The van der Waals surface area contributed by atoms with Gasteiger partial charge in [0.15, 0.2) is 28.8 Å². The number of pyridine rings is 1. The maximum Gasteiger partial charge on any atom is 0.291 e. The molecular weight excluding hydrogens is 584 g/mol. The van der Waals surface area contributed by atoms with E-state index in [1.165, 1.54) is 24.9 Å². The number of carbonyl (C=O) groups excluding carboxylic acids is 2. The highest BCUT2D eigenvalue weighted by molar-refractivity contribution is 6.00. The van der Waals surface area contributed by atoms with E-state index in [0.717, 1.165) is 18.6 Å². The first-order valence-electron chi connectivity index (χ1n) is 14.5. The highest BCUT2D eigenvalue weighted by Gasteiger charge is 2.27. The topological polar surface area (TPSA) is 157 Å². The van der Waals surface area contributed by atoms with Crippen LogP contribution >= 0.6 is 0 Å². The van der Waals surface area contributed by atoms with Crippen LogP contribution in [0.3, 0.4) is 0 Å². The average molecular weight is 618 g/mol. The number of anilines is 1. The molecule has 0 saturated carbocycles. The molecule has 0 aliphatic carbocycles. The molecular formula is C31H33F2N9O3. The molecule has 3 N–H and O–H groups in total. The zero-order valence-corrected chi connectivity index (χ0v) is 25.3. The summed E-state index contributed by atoms with van der Waals surface area (Å²) in [7, 11) is 1.20. The van der Waals surface area contributed by atoms with Gasteiger partial charge in [-0.25, -0.2) is 13.8 Å². The number of aromatic amines is 1. The van der Waals surface area contributed by atoms with Gasteiger partial charge < -0.3 is 20.4 Å². The van der Waals surface area contributed by atoms with E-state index in [9.17, 15) is 18.4 Å². The SMILES string of the molecule is CCCN(C(=O)c1nnc[nH]1)[C@H](CC)CCc1nc2c(-c3ccc(-c4cc(F)c(OC)c(F)c4)nc3)cnn2c(N)c1C(C)=O. The molecule has 5 aromatic rings. The number of nitrogens with two attached hydrogens (primary N) is 1. The van der Waals surface area contributed by atoms with Crippen molar-refractivity contribution in [2.24, 2.45) is 0 Å². The van der Waals surface area contributed by atoms with E-state index in [2.05, 4.69) is 25.3 Å². The van der Waals surface area contributed by atoms with Gasteiger partial charge in [0.1, 0.15) is 12.1 Å². The van der Waals surface area contributed by atoms with Gasteiger partial charge in [-0.2, -0.15) is 9.61 Å². The lowest BCUT2D eigenvalue weighted by Crippen LogP contribution is -2.41. The van der Waals surface area contributed by atoms with Gasteiger partial charge in [-0.15, -0.1) is 10.2 Å². The number of rotatable bonds is 12. The number of carbonyl (C=O) groups is 2. The number of ketones is 1. The Hall–Kier alpha value is -5.27. The summed E-state index contributed by atoms with van der Waals surface area (Å²) >= 11 is 0. The first-order valence-corrected chi connectivity index (χ1v) is 14.5. The van der Waals surface area contributed by atoms with Gasteiger partial charge in [0.25, 0.3) is 5.91 Å². The van der Waals surface area contributed by atoms with Crippen LogP contribution in [0.4, 0.5) is 14.6 Å². The Morgan fingerprint density at radius 1 is 1.13 bits per heavy atom.